The molecule has 3 heterocycles. The molecule has 1 aromatic carbocycles. The third-order valence-electron chi connectivity index (χ3n) is 4.27. The second kappa shape index (κ2) is 7.34. The van der Waals surface area contributed by atoms with E-state index >= 15 is 0 Å². The molecule has 1 N–H and O–H groups in total. The maximum absolute atomic E-state index is 12.5. The highest BCUT2D eigenvalue weighted by Gasteiger charge is 2.32. The number of carbonyl (C=O) groups is 1. The van der Waals surface area contributed by atoms with Crippen LogP contribution in [0, 0.1) is 0 Å². The predicted octanol–water partition coefficient (Wildman–Crippen LogP) is 3.99. The molecule has 4 aromatic rings. The van der Waals surface area contributed by atoms with Gasteiger partial charge in [0.25, 0.3) is 0 Å². The Morgan fingerprint density at radius 1 is 1.00 bits per heavy atom. The normalized spacial score (nSPS) is 11.6. The molecule has 0 atom stereocenters. The zero-order valence-electron chi connectivity index (χ0n) is 14.9. The van der Waals surface area contributed by atoms with Gasteiger partial charge in [-0.15, -0.1) is 0 Å². The van der Waals surface area contributed by atoms with E-state index in [0.29, 0.717) is 0 Å². The minimum atomic E-state index is -4.51. The van der Waals surface area contributed by atoms with Gasteiger partial charge in [-0.25, -0.2) is 14.5 Å². The number of benzene rings is 1. The number of hydrogen-bond donors (Lipinski definition) is 1. The second-order valence-electron chi connectivity index (χ2n) is 6.33. The molecule has 0 spiro atoms. The largest absolute Gasteiger partial charge is 0.433 e. The molecule has 3 aromatic heterocycles. The molecule has 0 unspecified atom stereocenters. The van der Waals surface area contributed by atoms with Crippen molar-refractivity contribution < 1.29 is 18.0 Å². The van der Waals surface area contributed by atoms with Crippen molar-refractivity contribution in [1.82, 2.24) is 19.6 Å². The quantitative estimate of drug-likeness (QED) is 0.565. The summed E-state index contributed by atoms with van der Waals surface area (Å²) in [4.78, 5) is 19.6. The van der Waals surface area contributed by atoms with Gasteiger partial charge in [0.1, 0.15) is 12.0 Å². The highest BCUT2D eigenvalue weighted by atomic mass is 19.4. The monoisotopic (exact) mass is 397 g/mol. The summed E-state index contributed by atoms with van der Waals surface area (Å²) >= 11 is 0. The summed E-state index contributed by atoms with van der Waals surface area (Å²) < 4.78 is 39.2. The molecule has 1 amide bonds. The number of aromatic nitrogens is 4. The molecule has 0 radical (unpaired) electrons. The molecule has 4 rings (SSSR count). The number of pyridine rings is 2. The van der Waals surface area contributed by atoms with Crippen LogP contribution in [0.25, 0.3) is 16.8 Å². The zero-order valence-corrected chi connectivity index (χ0v) is 14.9. The van der Waals surface area contributed by atoms with Crippen molar-refractivity contribution in [1.29, 1.82) is 0 Å². The van der Waals surface area contributed by atoms with E-state index in [4.69, 9.17) is 0 Å². The highest BCUT2D eigenvalue weighted by molar-refractivity contribution is 5.92. The summed E-state index contributed by atoms with van der Waals surface area (Å²) in [5.74, 6) is -0.343. The number of anilines is 1. The van der Waals surface area contributed by atoms with Gasteiger partial charge in [0, 0.05) is 6.20 Å². The summed E-state index contributed by atoms with van der Waals surface area (Å²) in [6.45, 7) is 0. The van der Waals surface area contributed by atoms with E-state index in [2.05, 4.69) is 20.4 Å². The van der Waals surface area contributed by atoms with Crippen LogP contribution in [-0.2, 0) is 17.4 Å². The standard InChI is InChI=1S/C20H14F3N5O/c21-20(22,23)17-6-5-16(11-24-17)27-19(29)9-13-1-3-14(4-2-13)15-7-8-28-18(10-15)25-12-26-28/h1-8,10-12H,9H2,(H,27,29). The molecule has 29 heavy (non-hydrogen) atoms. The van der Waals surface area contributed by atoms with Crippen molar-refractivity contribution >= 4 is 17.2 Å². The zero-order chi connectivity index (χ0) is 20.4. The van der Waals surface area contributed by atoms with Gasteiger partial charge in [-0.3, -0.25) is 4.79 Å². The summed E-state index contributed by atoms with van der Waals surface area (Å²) in [7, 11) is 0. The number of carbonyl (C=O) groups excluding carboxylic acids is 1. The summed E-state index contributed by atoms with van der Waals surface area (Å²) in [5.41, 5.74) is 2.64. The molecule has 0 saturated heterocycles. The maximum atomic E-state index is 12.5. The topological polar surface area (TPSA) is 72.2 Å². The summed E-state index contributed by atoms with van der Waals surface area (Å²) in [6.07, 6.45) is -0.137. The van der Waals surface area contributed by atoms with Crippen LogP contribution in [0.2, 0.25) is 0 Å². The highest BCUT2D eigenvalue weighted by Crippen LogP contribution is 2.27. The average molecular weight is 397 g/mol. The first kappa shape index (κ1) is 18.6. The lowest BCUT2D eigenvalue weighted by molar-refractivity contribution is -0.141. The van der Waals surface area contributed by atoms with Crippen LogP contribution in [0.15, 0.2) is 67.3 Å². The molecular formula is C20H14F3N5O. The minimum Gasteiger partial charge on any atom is -0.324 e. The van der Waals surface area contributed by atoms with E-state index in [0.717, 1.165) is 34.6 Å². The maximum Gasteiger partial charge on any atom is 0.433 e. The van der Waals surface area contributed by atoms with Gasteiger partial charge in [-0.05, 0) is 41.0 Å². The smallest absolute Gasteiger partial charge is 0.324 e. The van der Waals surface area contributed by atoms with Gasteiger partial charge >= 0.3 is 6.18 Å². The number of nitrogens with one attached hydrogen (secondary N) is 1. The lowest BCUT2D eigenvalue weighted by Gasteiger charge is -2.08. The number of alkyl halides is 3. The van der Waals surface area contributed by atoms with Crippen molar-refractivity contribution in [2.45, 2.75) is 12.6 Å². The van der Waals surface area contributed by atoms with E-state index < -0.39 is 11.9 Å². The number of fused-ring (bicyclic) bond motifs is 1. The molecule has 0 aliphatic carbocycles. The van der Waals surface area contributed by atoms with Crippen LogP contribution in [0.1, 0.15) is 11.3 Å². The number of amides is 1. The molecule has 0 aliphatic heterocycles. The Kier molecular flexibility index (Phi) is 4.71. The Labute approximate surface area is 163 Å². The predicted molar refractivity (Wildman–Crippen MR) is 100.0 cm³/mol. The van der Waals surface area contributed by atoms with Gasteiger partial charge in [-0.1, -0.05) is 24.3 Å². The number of hydrogen-bond acceptors (Lipinski definition) is 4. The van der Waals surface area contributed by atoms with E-state index in [-0.39, 0.29) is 18.0 Å². The first-order valence-corrected chi connectivity index (χ1v) is 8.60. The first-order chi connectivity index (χ1) is 13.9. The minimum absolute atomic E-state index is 0.0878. The number of nitrogens with zero attached hydrogens (tertiary/aromatic N) is 4. The van der Waals surface area contributed by atoms with Crippen LogP contribution in [-0.4, -0.2) is 25.5 Å². The van der Waals surface area contributed by atoms with Crippen molar-refractivity contribution in [2.75, 3.05) is 5.32 Å². The number of rotatable bonds is 4. The van der Waals surface area contributed by atoms with Gasteiger partial charge < -0.3 is 5.32 Å². The molecule has 0 bridgehead atoms. The van der Waals surface area contributed by atoms with Gasteiger partial charge in [0.05, 0.1) is 18.3 Å². The van der Waals surface area contributed by atoms with Crippen molar-refractivity contribution in [3.05, 3.63) is 78.5 Å². The first-order valence-electron chi connectivity index (χ1n) is 8.60. The molecule has 6 nitrogen and oxygen atoms in total. The number of halogens is 3. The van der Waals surface area contributed by atoms with Crippen LogP contribution in [0.4, 0.5) is 18.9 Å². The SMILES string of the molecule is O=C(Cc1ccc(-c2ccn3ncnc3c2)cc1)Nc1ccc(C(F)(F)F)nc1. The Morgan fingerprint density at radius 3 is 2.48 bits per heavy atom. The van der Waals surface area contributed by atoms with Gasteiger partial charge in [0.15, 0.2) is 5.65 Å². The fourth-order valence-electron chi connectivity index (χ4n) is 2.84. The van der Waals surface area contributed by atoms with Crippen molar-refractivity contribution in [3.63, 3.8) is 0 Å². The summed E-state index contributed by atoms with van der Waals surface area (Å²) in [5, 5.41) is 6.60. The molecule has 0 saturated carbocycles. The van der Waals surface area contributed by atoms with Crippen LogP contribution in [0.5, 0.6) is 0 Å². The van der Waals surface area contributed by atoms with E-state index in [1.54, 1.807) is 4.52 Å². The Hall–Kier alpha value is -3.75. The fourth-order valence-corrected chi connectivity index (χ4v) is 2.84. The lowest BCUT2D eigenvalue weighted by Crippen LogP contribution is -2.15. The third-order valence-corrected chi connectivity index (χ3v) is 4.27. The van der Waals surface area contributed by atoms with E-state index in [1.807, 2.05) is 42.6 Å². The molecule has 0 aliphatic rings. The second-order valence-corrected chi connectivity index (χ2v) is 6.33. The fraction of sp³-hybridized carbons (Fsp3) is 0.100. The Morgan fingerprint density at radius 2 is 1.79 bits per heavy atom. The molecule has 0 fully saturated rings. The molecule has 9 heteroatoms. The van der Waals surface area contributed by atoms with E-state index in [9.17, 15) is 18.0 Å². The van der Waals surface area contributed by atoms with Crippen LogP contribution in [0.3, 0.4) is 0 Å². The molecule has 146 valence electrons. The lowest BCUT2D eigenvalue weighted by atomic mass is 10.0. The van der Waals surface area contributed by atoms with Crippen LogP contribution >= 0.6 is 0 Å². The average Bonchev–Trinajstić information content (AvgIpc) is 3.16. The third kappa shape index (κ3) is 4.23. The van der Waals surface area contributed by atoms with Gasteiger partial charge in [-0.2, -0.15) is 18.3 Å². The van der Waals surface area contributed by atoms with Crippen LogP contribution < -0.4 is 5.32 Å². The Bertz CT molecular complexity index is 1150. The summed E-state index contributed by atoms with van der Waals surface area (Å²) in [6, 6.07) is 13.3. The van der Waals surface area contributed by atoms with Gasteiger partial charge in [0.2, 0.25) is 5.91 Å². The van der Waals surface area contributed by atoms with Crippen molar-refractivity contribution in [2.24, 2.45) is 0 Å². The Balaban J connectivity index is 1.41. The van der Waals surface area contributed by atoms with Crippen molar-refractivity contribution in [3.8, 4) is 11.1 Å². The molecular weight excluding hydrogens is 383 g/mol. The van der Waals surface area contributed by atoms with E-state index in [1.165, 1.54) is 12.4 Å².